The molecule has 298 valence electrons. The summed E-state index contributed by atoms with van der Waals surface area (Å²) < 4.78 is 6.07. The minimum atomic E-state index is -0.949. The maximum Gasteiger partial charge on any atom is 0.319 e. The minimum Gasteiger partial charge on any atom is -0.496 e. The van der Waals surface area contributed by atoms with E-state index in [-0.39, 0.29) is 42.3 Å². The molecule has 0 unspecified atom stereocenters. The molecule has 0 radical (unpaired) electrons. The fourth-order valence-corrected chi connectivity index (χ4v) is 8.26. The Morgan fingerprint density at radius 1 is 1.04 bits per heavy atom. The van der Waals surface area contributed by atoms with Crippen LogP contribution in [0.4, 0.5) is 16.2 Å². The predicted molar refractivity (Wildman–Crippen MR) is 217 cm³/mol. The number of aliphatic hydroxyl groups is 1. The van der Waals surface area contributed by atoms with E-state index in [9.17, 15) is 19.5 Å². The summed E-state index contributed by atoms with van der Waals surface area (Å²) in [4.78, 5) is 48.9. The molecular weight excluding hydrogens is 697 g/mol. The molecule has 12 nitrogen and oxygen atoms in total. The topological polar surface area (TPSA) is 145 Å². The Hall–Kier alpha value is -4.65. The van der Waals surface area contributed by atoms with Crippen molar-refractivity contribution in [2.24, 2.45) is 29.1 Å². The first-order valence-electron chi connectivity index (χ1n) is 19.3. The van der Waals surface area contributed by atoms with Gasteiger partial charge in [0, 0.05) is 67.7 Å². The van der Waals surface area contributed by atoms with Gasteiger partial charge >= 0.3 is 6.03 Å². The van der Waals surface area contributed by atoms with Gasteiger partial charge in [-0.1, -0.05) is 71.0 Å². The zero-order valence-corrected chi connectivity index (χ0v) is 34.0. The van der Waals surface area contributed by atoms with E-state index in [1.165, 1.54) is 0 Å². The number of urea groups is 1. The fourth-order valence-electron chi connectivity index (χ4n) is 8.26. The van der Waals surface area contributed by atoms with Gasteiger partial charge in [-0.2, -0.15) is 5.06 Å². The van der Waals surface area contributed by atoms with Crippen LogP contribution in [0.25, 0.3) is 11.1 Å². The standard InChI is InChI=1S/C43H60N6O6/c1-25-19-35(26(2)27(3)43(25,5)6)47-41(52)38-37(28(4)50)36(23-45-42(53)46-32-16-12-11-13-17-32)55-49(38)24-29-15-14-18-34(39(29)54-10)30-20-31(40(51)44-7)22-33(21-30)48(8)9/h11-18,20-22,25-28,35-38,50H,19,23-24H2,1-10H3,(H,44,51)(H,47,52)(H2,45,46,53)/t25-,26+,27+,28+,35+,36+,37-,38+/m1/s1. The molecule has 1 aliphatic heterocycles. The molecule has 3 aromatic carbocycles. The van der Waals surface area contributed by atoms with E-state index in [1.54, 1.807) is 38.3 Å². The average molecular weight is 757 g/mol. The number of amides is 4. The largest absolute Gasteiger partial charge is 0.496 e. The molecule has 1 saturated heterocycles. The third-order valence-electron chi connectivity index (χ3n) is 12.4. The SMILES string of the molecule is CNC(=O)c1cc(-c2cccc(CN3O[C@@H](CNC(=O)Nc4ccccc4)[C@@H]([C@H](C)O)[C@H]3C(=O)N[C@H]3C[C@@H](C)C(C)(C)[C@@H](C)[C@@H]3C)c2OC)cc(N(C)C)c1. The fraction of sp³-hybridized carbons (Fsp3) is 0.512. The Kier molecular flexibility index (Phi) is 13.2. The molecule has 12 heteroatoms. The number of methoxy groups -OCH3 is 1. The summed E-state index contributed by atoms with van der Waals surface area (Å²) in [5, 5.41) is 24.8. The molecule has 1 heterocycles. The van der Waals surface area contributed by atoms with E-state index in [1.807, 2.05) is 73.6 Å². The van der Waals surface area contributed by atoms with E-state index in [4.69, 9.17) is 9.57 Å². The van der Waals surface area contributed by atoms with E-state index >= 15 is 0 Å². The summed E-state index contributed by atoms with van der Waals surface area (Å²) in [6.45, 7) is 13.2. The zero-order chi connectivity index (χ0) is 40.2. The number of nitrogens with zero attached hydrogens (tertiary/aromatic N) is 2. The maximum atomic E-state index is 14.6. The number of hydrogen-bond acceptors (Lipinski definition) is 8. The van der Waals surface area contributed by atoms with Crippen molar-refractivity contribution in [3.05, 3.63) is 77.9 Å². The molecule has 3 aromatic rings. The van der Waals surface area contributed by atoms with Crippen molar-refractivity contribution < 1.29 is 29.1 Å². The smallest absolute Gasteiger partial charge is 0.319 e. The number of aliphatic hydroxyl groups excluding tert-OH is 1. The number of hydrogen-bond donors (Lipinski definition) is 5. The lowest BCUT2D eigenvalue weighted by Crippen LogP contribution is -2.57. The monoisotopic (exact) mass is 756 g/mol. The number of ether oxygens (including phenoxy) is 1. The molecule has 0 bridgehead atoms. The van der Waals surface area contributed by atoms with Crippen LogP contribution < -0.4 is 30.9 Å². The minimum absolute atomic E-state index is 0.0490. The molecule has 4 amide bonds. The Labute approximate surface area is 326 Å². The van der Waals surface area contributed by atoms with E-state index in [2.05, 4.69) is 55.9 Å². The molecular formula is C43H60N6O6. The molecule has 8 atom stereocenters. The first-order valence-corrected chi connectivity index (χ1v) is 19.3. The molecule has 2 fully saturated rings. The highest BCUT2D eigenvalue weighted by atomic mass is 16.7. The number of para-hydroxylation sites is 2. The number of nitrogens with one attached hydrogen (secondary N) is 4. The second-order valence-electron chi connectivity index (χ2n) is 16.1. The second-order valence-corrected chi connectivity index (χ2v) is 16.1. The molecule has 5 N–H and O–H groups in total. The first-order chi connectivity index (χ1) is 26.1. The molecule has 1 saturated carbocycles. The van der Waals surface area contributed by atoms with Crippen LogP contribution in [0, 0.1) is 29.1 Å². The van der Waals surface area contributed by atoms with Gasteiger partial charge < -0.3 is 36.0 Å². The lowest BCUT2D eigenvalue weighted by Gasteiger charge is -2.50. The van der Waals surface area contributed by atoms with Crippen molar-refractivity contribution in [3.63, 3.8) is 0 Å². The zero-order valence-electron chi connectivity index (χ0n) is 34.0. The van der Waals surface area contributed by atoms with Gasteiger partial charge in [-0.05, 0) is 72.4 Å². The summed E-state index contributed by atoms with van der Waals surface area (Å²) in [7, 11) is 7.03. The molecule has 0 aromatic heterocycles. The van der Waals surface area contributed by atoms with Gasteiger partial charge in [-0.15, -0.1) is 0 Å². The second kappa shape index (κ2) is 17.4. The summed E-state index contributed by atoms with van der Waals surface area (Å²) >= 11 is 0. The van der Waals surface area contributed by atoms with Crippen LogP contribution in [0.5, 0.6) is 5.75 Å². The normalized spacial score (nSPS) is 25.4. The summed E-state index contributed by atoms with van der Waals surface area (Å²) in [5.74, 6) is 0.420. The number of anilines is 2. The van der Waals surface area contributed by atoms with Gasteiger partial charge in [-0.25, -0.2) is 4.79 Å². The third-order valence-corrected chi connectivity index (χ3v) is 12.4. The van der Waals surface area contributed by atoms with Crippen molar-refractivity contribution in [3.8, 4) is 16.9 Å². The first kappa shape index (κ1) is 41.5. The lowest BCUT2D eigenvalue weighted by molar-refractivity contribution is -0.175. The third kappa shape index (κ3) is 9.09. The van der Waals surface area contributed by atoms with Crippen LogP contribution in [-0.2, 0) is 16.2 Å². The highest BCUT2D eigenvalue weighted by Crippen LogP contribution is 2.47. The Balaban J connectivity index is 1.49. The van der Waals surface area contributed by atoms with Crippen LogP contribution in [0.15, 0.2) is 66.7 Å². The Bertz CT molecular complexity index is 1820. The lowest BCUT2D eigenvalue weighted by atomic mass is 9.58. The van der Waals surface area contributed by atoms with Crippen molar-refractivity contribution >= 4 is 29.2 Å². The van der Waals surface area contributed by atoms with Gasteiger partial charge in [0.15, 0.2) is 0 Å². The molecule has 2 aliphatic rings. The number of carbonyl (C=O) groups excluding carboxylic acids is 3. The van der Waals surface area contributed by atoms with Crippen LogP contribution in [0.2, 0.25) is 0 Å². The average Bonchev–Trinajstić information content (AvgIpc) is 3.53. The summed E-state index contributed by atoms with van der Waals surface area (Å²) in [6.07, 6.45) is -0.837. The van der Waals surface area contributed by atoms with Gasteiger partial charge in [0.2, 0.25) is 5.91 Å². The summed E-state index contributed by atoms with van der Waals surface area (Å²) in [5.41, 5.74) is 4.40. The molecule has 55 heavy (non-hydrogen) atoms. The van der Waals surface area contributed by atoms with Crippen molar-refractivity contribution in [2.75, 3.05) is 45.0 Å². The van der Waals surface area contributed by atoms with Crippen molar-refractivity contribution in [1.82, 2.24) is 21.0 Å². The van der Waals surface area contributed by atoms with Gasteiger partial charge in [0.1, 0.15) is 17.9 Å². The van der Waals surface area contributed by atoms with Crippen LogP contribution in [-0.4, -0.2) is 87.1 Å². The van der Waals surface area contributed by atoms with Crippen molar-refractivity contribution in [1.29, 1.82) is 0 Å². The predicted octanol–water partition coefficient (Wildman–Crippen LogP) is 5.91. The highest BCUT2D eigenvalue weighted by Gasteiger charge is 2.51. The van der Waals surface area contributed by atoms with Gasteiger partial charge in [0.25, 0.3) is 5.91 Å². The number of hydroxylamine groups is 2. The Morgan fingerprint density at radius 3 is 2.38 bits per heavy atom. The Morgan fingerprint density at radius 2 is 1.75 bits per heavy atom. The molecule has 0 spiro atoms. The summed E-state index contributed by atoms with van der Waals surface area (Å²) in [6, 6.07) is 19.2. The maximum absolute atomic E-state index is 14.6. The van der Waals surface area contributed by atoms with Gasteiger partial charge in [-0.3, -0.25) is 14.4 Å². The number of benzene rings is 3. The van der Waals surface area contributed by atoms with Gasteiger partial charge in [0.05, 0.1) is 19.8 Å². The van der Waals surface area contributed by atoms with E-state index in [0.29, 0.717) is 28.8 Å². The van der Waals surface area contributed by atoms with E-state index in [0.717, 1.165) is 28.8 Å². The van der Waals surface area contributed by atoms with Crippen LogP contribution in [0.1, 0.15) is 63.9 Å². The number of carbonyl (C=O) groups is 3. The van der Waals surface area contributed by atoms with Crippen molar-refractivity contribution in [2.45, 2.75) is 78.8 Å². The molecule has 1 aliphatic carbocycles. The molecule has 5 rings (SSSR count). The quantitative estimate of drug-likeness (QED) is 0.154. The van der Waals surface area contributed by atoms with E-state index < -0.39 is 30.2 Å². The highest BCUT2D eigenvalue weighted by molar-refractivity contribution is 5.97. The van der Waals surface area contributed by atoms with Crippen LogP contribution >= 0.6 is 0 Å². The van der Waals surface area contributed by atoms with Crippen LogP contribution in [0.3, 0.4) is 0 Å². The number of rotatable bonds is 12.